The van der Waals surface area contributed by atoms with Crippen molar-refractivity contribution >= 4 is 42.6 Å². The molecule has 2 N–H and O–H groups in total. The predicted octanol–water partition coefficient (Wildman–Crippen LogP) is 2.78. The second-order valence-electron chi connectivity index (χ2n) is 2.26. The van der Waals surface area contributed by atoms with Gasteiger partial charge in [-0.3, -0.25) is 0 Å². The molecule has 0 saturated carbocycles. The van der Waals surface area contributed by atoms with Crippen LogP contribution in [-0.4, -0.2) is 4.98 Å². The molecular formula is C7H4BrFN2S. The van der Waals surface area contributed by atoms with Gasteiger partial charge < -0.3 is 5.73 Å². The molecule has 0 atom stereocenters. The molecular weight excluding hydrogens is 243 g/mol. The first-order valence-corrected chi connectivity index (χ1v) is 4.79. The van der Waals surface area contributed by atoms with Crippen LogP contribution in [0.3, 0.4) is 0 Å². The van der Waals surface area contributed by atoms with Gasteiger partial charge in [-0.1, -0.05) is 11.3 Å². The average Bonchev–Trinajstić information content (AvgIpc) is 2.39. The maximum Gasteiger partial charge on any atom is 0.181 e. The van der Waals surface area contributed by atoms with Gasteiger partial charge in [-0.25, -0.2) is 9.37 Å². The zero-order valence-corrected chi connectivity index (χ0v) is 8.25. The summed E-state index contributed by atoms with van der Waals surface area (Å²) in [6.45, 7) is 0. The Kier molecular flexibility index (Phi) is 1.77. The number of thiazole rings is 1. The highest BCUT2D eigenvalue weighted by Gasteiger charge is 2.08. The van der Waals surface area contributed by atoms with Crippen LogP contribution in [0.5, 0.6) is 0 Å². The van der Waals surface area contributed by atoms with E-state index >= 15 is 0 Å². The van der Waals surface area contributed by atoms with Crippen molar-refractivity contribution in [3.05, 3.63) is 22.4 Å². The lowest BCUT2D eigenvalue weighted by Gasteiger charge is -1.92. The Balaban J connectivity index is 2.89. The summed E-state index contributed by atoms with van der Waals surface area (Å²) in [6, 6.07) is 3.06. The van der Waals surface area contributed by atoms with E-state index in [-0.39, 0.29) is 5.82 Å². The van der Waals surface area contributed by atoms with E-state index in [1.54, 1.807) is 6.07 Å². The van der Waals surface area contributed by atoms with Crippen LogP contribution >= 0.6 is 27.3 Å². The SMILES string of the molecule is Nc1nc2c(Br)c(F)ccc2s1. The van der Waals surface area contributed by atoms with Crippen LogP contribution in [0.1, 0.15) is 0 Å². The second-order valence-corrected chi connectivity index (χ2v) is 4.12. The Morgan fingerprint density at radius 1 is 1.50 bits per heavy atom. The van der Waals surface area contributed by atoms with Crippen LogP contribution in [0.15, 0.2) is 16.6 Å². The van der Waals surface area contributed by atoms with E-state index in [1.165, 1.54) is 17.4 Å². The van der Waals surface area contributed by atoms with E-state index in [0.717, 1.165) is 4.70 Å². The number of aromatic nitrogens is 1. The summed E-state index contributed by atoms with van der Waals surface area (Å²) < 4.78 is 14.2. The molecule has 0 saturated heterocycles. The monoisotopic (exact) mass is 246 g/mol. The van der Waals surface area contributed by atoms with Crippen LogP contribution in [0.4, 0.5) is 9.52 Å². The van der Waals surface area contributed by atoms with Crippen LogP contribution in [0, 0.1) is 5.82 Å². The third kappa shape index (κ3) is 1.09. The summed E-state index contributed by atoms with van der Waals surface area (Å²) in [5.41, 5.74) is 6.07. The standard InChI is InChI=1S/C7H4BrFN2S/c8-5-3(9)1-2-4-6(5)11-7(10)12-4/h1-2H,(H2,10,11). The number of nitrogens with zero attached hydrogens (tertiary/aromatic N) is 1. The highest BCUT2D eigenvalue weighted by molar-refractivity contribution is 9.10. The number of hydrogen-bond acceptors (Lipinski definition) is 3. The zero-order valence-electron chi connectivity index (χ0n) is 5.84. The maximum atomic E-state index is 12.9. The molecule has 0 aliphatic heterocycles. The molecule has 2 rings (SSSR count). The third-order valence-corrected chi connectivity index (χ3v) is 3.07. The second kappa shape index (κ2) is 2.67. The summed E-state index contributed by atoms with van der Waals surface area (Å²) in [5, 5.41) is 0.455. The van der Waals surface area contributed by atoms with Crippen LogP contribution in [0.2, 0.25) is 0 Å². The Labute approximate surface area is 80.3 Å². The van der Waals surface area contributed by atoms with E-state index in [2.05, 4.69) is 20.9 Å². The molecule has 0 spiro atoms. The van der Waals surface area contributed by atoms with Crippen molar-refractivity contribution in [1.82, 2.24) is 4.98 Å². The summed E-state index contributed by atoms with van der Waals surface area (Å²) >= 11 is 4.45. The number of hydrogen-bond donors (Lipinski definition) is 1. The molecule has 5 heteroatoms. The Hall–Kier alpha value is -0.680. The fourth-order valence-electron chi connectivity index (χ4n) is 0.954. The molecule has 0 unspecified atom stereocenters. The first-order valence-electron chi connectivity index (χ1n) is 3.18. The Morgan fingerprint density at radius 3 is 3.00 bits per heavy atom. The number of halogens is 2. The van der Waals surface area contributed by atoms with Crippen molar-refractivity contribution in [3.63, 3.8) is 0 Å². The zero-order chi connectivity index (χ0) is 8.72. The van der Waals surface area contributed by atoms with E-state index in [0.29, 0.717) is 15.1 Å². The van der Waals surface area contributed by atoms with Crippen molar-refractivity contribution in [1.29, 1.82) is 0 Å². The van der Waals surface area contributed by atoms with Gasteiger partial charge in [-0.15, -0.1) is 0 Å². The van der Waals surface area contributed by atoms with Gasteiger partial charge in [0.2, 0.25) is 0 Å². The van der Waals surface area contributed by atoms with Gasteiger partial charge >= 0.3 is 0 Å². The summed E-state index contributed by atoms with van der Waals surface area (Å²) in [4.78, 5) is 3.98. The summed E-state index contributed by atoms with van der Waals surface area (Å²) in [7, 11) is 0. The molecule has 0 bridgehead atoms. The normalized spacial score (nSPS) is 10.8. The van der Waals surface area contributed by atoms with Crippen LogP contribution in [0.25, 0.3) is 10.2 Å². The van der Waals surface area contributed by atoms with Gasteiger partial charge in [-0.05, 0) is 28.1 Å². The number of benzene rings is 1. The Morgan fingerprint density at radius 2 is 2.25 bits per heavy atom. The van der Waals surface area contributed by atoms with E-state index < -0.39 is 0 Å². The molecule has 62 valence electrons. The lowest BCUT2D eigenvalue weighted by molar-refractivity contribution is 0.623. The third-order valence-electron chi connectivity index (χ3n) is 1.47. The molecule has 0 aliphatic carbocycles. The maximum absolute atomic E-state index is 12.9. The lowest BCUT2D eigenvalue weighted by atomic mass is 10.3. The van der Waals surface area contributed by atoms with Crippen molar-refractivity contribution in [2.75, 3.05) is 5.73 Å². The van der Waals surface area contributed by atoms with Gasteiger partial charge in [0.05, 0.1) is 9.17 Å². The molecule has 1 aromatic heterocycles. The molecule has 2 nitrogen and oxygen atoms in total. The largest absolute Gasteiger partial charge is 0.375 e. The topological polar surface area (TPSA) is 38.9 Å². The molecule has 1 aromatic carbocycles. The molecule has 0 amide bonds. The summed E-state index contributed by atoms with van der Waals surface area (Å²) in [5.74, 6) is -0.312. The van der Waals surface area contributed by atoms with Gasteiger partial charge in [0.25, 0.3) is 0 Å². The number of nitrogen functional groups attached to an aromatic ring is 1. The van der Waals surface area contributed by atoms with E-state index in [4.69, 9.17) is 5.73 Å². The van der Waals surface area contributed by atoms with E-state index in [1.807, 2.05) is 0 Å². The number of anilines is 1. The van der Waals surface area contributed by atoms with Crippen LogP contribution < -0.4 is 5.73 Å². The number of rotatable bonds is 0. The molecule has 12 heavy (non-hydrogen) atoms. The predicted molar refractivity (Wildman–Crippen MR) is 51.7 cm³/mol. The minimum Gasteiger partial charge on any atom is -0.375 e. The van der Waals surface area contributed by atoms with Crippen molar-refractivity contribution < 1.29 is 4.39 Å². The Bertz CT molecular complexity index is 440. The highest BCUT2D eigenvalue weighted by Crippen LogP contribution is 2.31. The fraction of sp³-hybridized carbons (Fsp3) is 0. The minimum absolute atomic E-state index is 0.312. The van der Waals surface area contributed by atoms with Gasteiger partial charge in [0.1, 0.15) is 11.3 Å². The molecule has 0 aliphatic rings. The van der Waals surface area contributed by atoms with Crippen LogP contribution in [-0.2, 0) is 0 Å². The highest BCUT2D eigenvalue weighted by atomic mass is 79.9. The first kappa shape index (κ1) is 7.94. The lowest BCUT2D eigenvalue weighted by Crippen LogP contribution is -1.81. The van der Waals surface area contributed by atoms with Gasteiger partial charge in [0, 0.05) is 0 Å². The van der Waals surface area contributed by atoms with Gasteiger partial charge in [-0.2, -0.15) is 0 Å². The summed E-state index contributed by atoms with van der Waals surface area (Å²) in [6.07, 6.45) is 0. The van der Waals surface area contributed by atoms with Crippen molar-refractivity contribution in [2.45, 2.75) is 0 Å². The fourth-order valence-corrected chi connectivity index (χ4v) is 2.26. The number of nitrogens with two attached hydrogens (primary N) is 1. The molecule has 0 radical (unpaired) electrons. The number of fused-ring (bicyclic) bond motifs is 1. The quantitative estimate of drug-likeness (QED) is 0.777. The van der Waals surface area contributed by atoms with Gasteiger partial charge in [0.15, 0.2) is 5.13 Å². The smallest absolute Gasteiger partial charge is 0.181 e. The molecule has 1 heterocycles. The average molecular weight is 247 g/mol. The van der Waals surface area contributed by atoms with Crippen molar-refractivity contribution in [2.24, 2.45) is 0 Å². The first-order chi connectivity index (χ1) is 5.68. The van der Waals surface area contributed by atoms with Crippen molar-refractivity contribution in [3.8, 4) is 0 Å². The molecule has 2 aromatic rings. The van der Waals surface area contributed by atoms with E-state index in [9.17, 15) is 4.39 Å². The molecule has 0 fully saturated rings. The minimum atomic E-state index is -0.312.